The second kappa shape index (κ2) is 5.66. The Morgan fingerprint density at radius 3 is 3.07 bits per heavy atom. The normalized spacial score (nSPS) is 9.87. The highest BCUT2D eigenvalue weighted by Gasteiger charge is 1.94. The van der Waals surface area contributed by atoms with Crippen LogP contribution >= 0.6 is 0 Å². The van der Waals surface area contributed by atoms with Crippen molar-refractivity contribution in [2.45, 2.75) is 6.92 Å². The van der Waals surface area contributed by atoms with Gasteiger partial charge in [-0.25, -0.2) is 4.79 Å². The Kier molecular flexibility index (Phi) is 4.18. The molecule has 0 heterocycles. The molecule has 0 fully saturated rings. The van der Waals surface area contributed by atoms with Crippen LogP contribution in [-0.2, 0) is 9.53 Å². The topological polar surface area (TPSA) is 26.3 Å². The zero-order chi connectivity index (χ0) is 11.1. The minimum atomic E-state index is -0.344. The average molecular weight is 200 g/mol. The van der Waals surface area contributed by atoms with E-state index in [9.17, 15) is 4.79 Å². The number of ether oxygens (including phenoxy) is 1. The summed E-state index contributed by atoms with van der Waals surface area (Å²) in [6.07, 6.45) is 8.32. The van der Waals surface area contributed by atoms with Gasteiger partial charge in [0.05, 0.1) is 6.61 Å². The molecule has 1 aromatic carbocycles. The van der Waals surface area contributed by atoms with Crippen molar-refractivity contribution in [3.8, 4) is 12.3 Å². The van der Waals surface area contributed by atoms with E-state index in [1.807, 2.05) is 24.3 Å². The van der Waals surface area contributed by atoms with Crippen molar-refractivity contribution in [1.82, 2.24) is 0 Å². The number of benzene rings is 1. The first-order chi connectivity index (χ1) is 7.26. The molecule has 1 aromatic rings. The molecule has 0 aliphatic rings. The van der Waals surface area contributed by atoms with Gasteiger partial charge in [0.15, 0.2) is 0 Å². The minimum Gasteiger partial charge on any atom is -0.463 e. The highest BCUT2D eigenvalue weighted by Crippen LogP contribution is 2.05. The molecule has 76 valence electrons. The lowest BCUT2D eigenvalue weighted by Crippen LogP contribution is -1.98. The van der Waals surface area contributed by atoms with Crippen molar-refractivity contribution in [2.75, 3.05) is 6.61 Å². The molecule has 0 aromatic heterocycles. The summed E-state index contributed by atoms with van der Waals surface area (Å²) in [6.45, 7) is 2.15. The number of terminal acetylenes is 1. The highest BCUT2D eigenvalue weighted by molar-refractivity contribution is 5.87. The van der Waals surface area contributed by atoms with Crippen molar-refractivity contribution in [1.29, 1.82) is 0 Å². The van der Waals surface area contributed by atoms with Gasteiger partial charge in [0.2, 0.25) is 0 Å². The van der Waals surface area contributed by atoms with E-state index in [1.54, 1.807) is 13.0 Å². The van der Waals surface area contributed by atoms with E-state index in [0.29, 0.717) is 6.61 Å². The van der Waals surface area contributed by atoms with Crippen LogP contribution < -0.4 is 0 Å². The van der Waals surface area contributed by atoms with Gasteiger partial charge in [-0.2, -0.15) is 0 Å². The molecule has 0 saturated carbocycles. The van der Waals surface area contributed by atoms with Crippen LogP contribution in [0, 0.1) is 12.3 Å². The van der Waals surface area contributed by atoms with Crippen LogP contribution in [0.1, 0.15) is 18.1 Å². The Morgan fingerprint density at radius 1 is 1.60 bits per heavy atom. The van der Waals surface area contributed by atoms with Gasteiger partial charge in [0, 0.05) is 11.6 Å². The van der Waals surface area contributed by atoms with Crippen LogP contribution in [0.15, 0.2) is 30.3 Å². The summed E-state index contributed by atoms with van der Waals surface area (Å²) in [5.74, 6) is 2.19. The summed E-state index contributed by atoms with van der Waals surface area (Å²) in [7, 11) is 0. The van der Waals surface area contributed by atoms with E-state index in [2.05, 4.69) is 5.92 Å². The van der Waals surface area contributed by atoms with E-state index in [1.165, 1.54) is 6.08 Å². The largest absolute Gasteiger partial charge is 0.463 e. The van der Waals surface area contributed by atoms with Crippen LogP contribution in [-0.4, -0.2) is 12.6 Å². The zero-order valence-corrected chi connectivity index (χ0v) is 8.57. The molecule has 0 radical (unpaired) electrons. The van der Waals surface area contributed by atoms with Crippen molar-refractivity contribution in [3.63, 3.8) is 0 Å². The minimum absolute atomic E-state index is 0.344. The second-order valence-electron chi connectivity index (χ2n) is 2.86. The van der Waals surface area contributed by atoms with Gasteiger partial charge in [-0.15, -0.1) is 6.42 Å². The number of rotatable bonds is 3. The Morgan fingerprint density at radius 2 is 2.40 bits per heavy atom. The van der Waals surface area contributed by atoms with Crippen LogP contribution in [0.2, 0.25) is 0 Å². The van der Waals surface area contributed by atoms with Gasteiger partial charge >= 0.3 is 5.97 Å². The van der Waals surface area contributed by atoms with E-state index >= 15 is 0 Å². The Balaban J connectivity index is 2.72. The van der Waals surface area contributed by atoms with E-state index in [0.717, 1.165) is 11.1 Å². The molecule has 0 N–H and O–H groups in total. The lowest BCUT2D eigenvalue weighted by atomic mass is 10.1. The van der Waals surface area contributed by atoms with Crippen LogP contribution in [0.3, 0.4) is 0 Å². The molecule has 15 heavy (non-hydrogen) atoms. The van der Waals surface area contributed by atoms with Crippen molar-refractivity contribution in [3.05, 3.63) is 41.5 Å². The van der Waals surface area contributed by atoms with Gasteiger partial charge in [-0.3, -0.25) is 0 Å². The molecule has 2 heteroatoms. The first-order valence-corrected chi connectivity index (χ1v) is 4.67. The third-order valence-electron chi connectivity index (χ3n) is 1.75. The number of hydrogen-bond acceptors (Lipinski definition) is 2. The number of hydrogen-bond donors (Lipinski definition) is 0. The molecule has 2 nitrogen and oxygen atoms in total. The predicted molar refractivity (Wildman–Crippen MR) is 60.0 cm³/mol. The van der Waals surface area contributed by atoms with E-state index in [-0.39, 0.29) is 5.97 Å². The van der Waals surface area contributed by atoms with Gasteiger partial charge in [-0.1, -0.05) is 18.1 Å². The third kappa shape index (κ3) is 3.70. The summed E-state index contributed by atoms with van der Waals surface area (Å²) >= 11 is 0. The maximum atomic E-state index is 11.0. The number of esters is 1. The van der Waals surface area contributed by atoms with Gasteiger partial charge in [-0.05, 0) is 30.7 Å². The monoisotopic (exact) mass is 200 g/mol. The first-order valence-electron chi connectivity index (χ1n) is 4.67. The highest BCUT2D eigenvalue weighted by atomic mass is 16.5. The van der Waals surface area contributed by atoms with Crippen molar-refractivity contribution < 1.29 is 9.53 Å². The van der Waals surface area contributed by atoms with Gasteiger partial charge in [0.1, 0.15) is 0 Å². The Hall–Kier alpha value is -2.01. The first kappa shape index (κ1) is 11.1. The third-order valence-corrected chi connectivity index (χ3v) is 1.75. The van der Waals surface area contributed by atoms with E-state index < -0.39 is 0 Å². The molecule has 0 spiro atoms. The molecule has 0 aliphatic carbocycles. The van der Waals surface area contributed by atoms with Crippen LogP contribution in [0.25, 0.3) is 6.08 Å². The lowest BCUT2D eigenvalue weighted by Gasteiger charge is -1.96. The van der Waals surface area contributed by atoms with Gasteiger partial charge < -0.3 is 4.74 Å². The van der Waals surface area contributed by atoms with Crippen LogP contribution in [0.4, 0.5) is 0 Å². The second-order valence-corrected chi connectivity index (χ2v) is 2.86. The molecule has 0 bridgehead atoms. The summed E-state index contributed by atoms with van der Waals surface area (Å²) in [6, 6.07) is 7.38. The molecular weight excluding hydrogens is 188 g/mol. The van der Waals surface area contributed by atoms with Gasteiger partial charge in [0.25, 0.3) is 0 Å². The maximum Gasteiger partial charge on any atom is 0.330 e. The summed E-state index contributed by atoms with van der Waals surface area (Å²) in [4.78, 5) is 11.0. The number of carbonyl (C=O) groups excluding carboxylic acids is 1. The summed E-state index contributed by atoms with van der Waals surface area (Å²) in [5.41, 5.74) is 1.68. The van der Waals surface area contributed by atoms with Crippen molar-refractivity contribution >= 4 is 12.0 Å². The molecular formula is C13H12O2. The predicted octanol–water partition coefficient (Wildman–Crippen LogP) is 2.24. The molecule has 0 aliphatic heterocycles. The Labute approximate surface area is 89.6 Å². The molecule has 0 atom stereocenters. The standard InChI is InChI=1S/C13H12O2/c1-3-11-6-5-7-12(10-11)8-9-13(14)15-4-2/h1,5-10H,4H2,2H3. The lowest BCUT2D eigenvalue weighted by molar-refractivity contribution is -0.137. The fraction of sp³-hybridized carbons (Fsp3) is 0.154. The fourth-order valence-corrected chi connectivity index (χ4v) is 1.09. The smallest absolute Gasteiger partial charge is 0.330 e. The van der Waals surface area contributed by atoms with Crippen LogP contribution in [0.5, 0.6) is 0 Å². The molecule has 0 amide bonds. The molecule has 1 rings (SSSR count). The SMILES string of the molecule is C#Cc1cccc(C=CC(=O)OCC)c1. The summed E-state index contributed by atoms with van der Waals surface area (Å²) in [5, 5.41) is 0. The number of carbonyl (C=O) groups is 1. The summed E-state index contributed by atoms with van der Waals surface area (Å²) < 4.78 is 4.75. The quantitative estimate of drug-likeness (QED) is 0.425. The van der Waals surface area contributed by atoms with Crippen molar-refractivity contribution in [2.24, 2.45) is 0 Å². The zero-order valence-electron chi connectivity index (χ0n) is 8.57. The Bertz CT molecular complexity index is 411. The van der Waals surface area contributed by atoms with E-state index in [4.69, 9.17) is 11.2 Å². The fourth-order valence-electron chi connectivity index (χ4n) is 1.09. The average Bonchev–Trinajstić information content (AvgIpc) is 2.27. The molecule has 0 unspecified atom stereocenters. The molecule has 0 saturated heterocycles. The maximum absolute atomic E-state index is 11.0.